The molecule has 0 spiro atoms. The van der Waals surface area contributed by atoms with Gasteiger partial charge in [0.15, 0.2) is 0 Å². The van der Waals surface area contributed by atoms with E-state index in [0.29, 0.717) is 6.04 Å². The summed E-state index contributed by atoms with van der Waals surface area (Å²) in [7, 11) is 0. The molecule has 0 aromatic heterocycles. The summed E-state index contributed by atoms with van der Waals surface area (Å²) in [5, 5.41) is 3.74. The van der Waals surface area contributed by atoms with E-state index < -0.39 is 0 Å². The highest BCUT2D eigenvalue weighted by atomic mass is 19.1. The summed E-state index contributed by atoms with van der Waals surface area (Å²) >= 11 is 0. The lowest BCUT2D eigenvalue weighted by Crippen LogP contribution is -2.62. The SMILES string of the molecule is CCC1(C)CN(Cc2cc(F)ccc2C)C(C2CC2)CN1. The lowest BCUT2D eigenvalue weighted by molar-refractivity contribution is 0.0660. The molecule has 3 rings (SSSR count). The van der Waals surface area contributed by atoms with Gasteiger partial charge in [0.2, 0.25) is 0 Å². The molecule has 0 radical (unpaired) electrons. The van der Waals surface area contributed by atoms with Gasteiger partial charge >= 0.3 is 0 Å². The molecule has 2 atom stereocenters. The first-order chi connectivity index (χ1) is 10.0. The van der Waals surface area contributed by atoms with Crippen molar-refractivity contribution in [1.82, 2.24) is 10.2 Å². The van der Waals surface area contributed by atoms with Crippen molar-refractivity contribution >= 4 is 0 Å². The zero-order chi connectivity index (χ0) is 15.0. The Morgan fingerprint density at radius 3 is 2.81 bits per heavy atom. The molecule has 116 valence electrons. The van der Waals surface area contributed by atoms with Crippen molar-refractivity contribution in [2.75, 3.05) is 13.1 Å². The van der Waals surface area contributed by atoms with E-state index in [1.54, 1.807) is 12.1 Å². The van der Waals surface area contributed by atoms with Gasteiger partial charge in [-0.3, -0.25) is 4.90 Å². The Bertz CT molecular complexity index is 512. The summed E-state index contributed by atoms with van der Waals surface area (Å²) in [6.07, 6.45) is 3.84. The quantitative estimate of drug-likeness (QED) is 0.913. The molecule has 1 aromatic rings. The molecule has 2 aliphatic rings. The minimum Gasteiger partial charge on any atom is -0.309 e. The second-order valence-electron chi connectivity index (χ2n) is 7.18. The summed E-state index contributed by atoms with van der Waals surface area (Å²) in [4.78, 5) is 2.60. The molecule has 0 amide bonds. The van der Waals surface area contributed by atoms with Crippen molar-refractivity contribution in [2.45, 2.75) is 58.2 Å². The predicted molar refractivity (Wildman–Crippen MR) is 84.8 cm³/mol. The Morgan fingerprint density at radius 2 is 2.14 bits per heavy atom. The number of piperazine rings is 1. The molecule has 1 saturated heterocycles. The van der Waals surface area contributed by atoms with E-state index >= 15 is 0 Å². The Kier molecular flexibility index (Phi) is 4.06. The Balaban J connectivity index is 1.80. The van der Waals surface area contributed by atoms with Crippen LogP contribution in [0.1, 0.15) is 44.2 Å². The van der Waals surface area contributed by atoms with Crippen LogP contribution in [0.2, 0.25) is 0 Å². The molecule has 1 aromatic carbocycles. The molecule has 2 fully saturated rings. The van der Waals surface area contributed by atoms with Gasteiger partial charge in [-0.15, -0.1) is 0 Å². The van der Waals surface area contributed by atoms with E-state index in [-0.39, 0.29) is 11.4 Å². The van der Waals surface area contributed by atoms with Gasteiger partial charge in [-0.2, -0.15) is 0 Å². The zero-order valence-corrected chi connectivity index (χ0v) is 13.5. The van der Waals surface area contributed by atoms with Crippen molar-refractivity contribution in [3.63, 3.8) is 0 Å². The van der Waals surface area contributed by atoms with Crippen LogP contribution < -0.4 is 5.32 Å². The van der Waals surface area contributed by atoms with E-state index in [0.717, 1.165) is 37.5 Å². The first-order valence-electron chi connectivity index (χ1n) is 8.25. The van der Waals surface area contributed by atoms with Gasteiger partial charge in [0.05, 0.1) is 0 Å². The third kappa shape index (κ3) is 3.29. The van der Waals surface area contributed by atoms with Crippen molar-refractivity contribution in [1.29, 1.82) is 0 Å². The first kappa shape index (κ1) is 15.0. The van der Waals surface area contributed by atoms with Crippen molar-refractivity contribution in [2.24, 2.45) is 5.92 Å². The van der Waals surface area contributed by atoms with Crippen LogP contribution in [0, 0.1) is 18.7 Å². The van der Waals surface area contributed by atoms with Gasteiger partial charge in [-0.1, -0.05) is 13.0 Å². The van der Waals surface area contributed by atoms with Crippen molar-refractivity contribution in [3.8, 4) is 0 Å². The molecule has 1 heterocycles. The third-order valence-electron chi connectivity index (χ3n) is 5.39. The second kappa shape index (κ2) is 5.69. The van der Waals surface area contributed by atoms with Gasteiger partial charge < -0.3 is 5.32 Å². The van der Waals surface area contributed by atoms with Gasteiger partial charge in [0.25, 0.3) is 0 Å². The topological polar surface area (TPSA) is 15.3 Å². The fourth-order valence-corrected chi connectivity index (χ4v) is 3.49. The fourth-order valence-electron chi connectivity index (χ4n) is 3.49. The zero-order valence-electron chi connectivity index (χ0n) is 13.5. The monoisotopic (exact) mass is 290 g/mol. The molecular weight excluding hydrogens is 263 g/mol. The van der Waals surface area contributed by atoms with Crippen LogP contribution in [0.4, 0.5) is 4.39 Å². The number of rotatable bonds is 4. The average molecular weight is 290 g/mol. The van der Waals surface area contributed by atoms with Crippen LogP contribution in [0.5, 0.6) is 0 Å². The number of nitrogens with one attached hydrogen (secondary N) is 1. The fraction of sp³-hybridized carbons (Fsp3) is 0.667. The van der Waals surface area contributed by atoms with Crippen LogP contribution in [-0.2, 0) is 6.54 Å². The lowest BCUT2D eigenvalue weighted by Gasteiger charge is -2.46. The number of aryl methyl sites for hydroxylation is 1. The van der Waals surface area contributed by atoms with Crippen molar-refractivity contribution < 1.29 is 4.39 Å². The highest BCUT2D eigenvalue weighted by Gasteiger charge is 2.41. The maximum atomic E-state index is 13.6. The molecule has 3 heteroatoms. The van der Waals surface area contributed by atoms with E-state index in [4.69, 9.17) is 0 Å². The number of hydrogen-bond acceptors (Lipinski definition) is 2. The molecule has 1 N–H and O–H groups in total. The normalized spacial score (nSPS) is 30.6. The first-order valence-corrected chi connectivity index (χ1v) is 8.25. The molecule has 1 aliphatic carbocycles. The Labute approximate surface area is 127 Å². The van der Waals surface area contributed by atoms with E-state index in [1.807, 2.05) is 6.07 Å². The number of hydrogen-bond donors (Lipinski definition) is 1. The highest BCUT2D eigenvalue weighted by molar-refractivity contribution is 5.26. The summed E-state index contributed by atoms with van der Waals surface area (Å²) in [5.41, 5.74) is 2.52. The minimum atomic E-state index is -0.119. The molecule has 21 heavy (non-hydrogen) atoms. The number of benzene rings is 1. The molecule has 2 nitrogen and oxygen atoms in total. The maximum Gasteiger partial charge on any atom is 0.123 e. The largest absolute Gasteiger partial charge is 0.309 e. The number of halogens is 1. The third-order valence-corrected chi connectivity index (χ3v) is 5.39. The summed E-state index contributed by atoms with van der Waals surface area (Å²) in [6.45, 7) is 9.64. The summed E-state index contributed by atoms with van der Waals surface area (Å²) in [6, 6.07) is 5.79. The van der Waals surface area contributed by atoms with Crippen LogP contribution in [0.15, 0.2) is 18.2 Å². The van der Waals surface area contributed by atoms with Crippen molar-refractivity contribution in [3.05, 3.63) is 35.1 Å². The molecule has 0 bridgehead atoms. The molecule has 2 unspecified atom stereocenters. The van der Waals surface area contributed by atoms with Crippen LogP contribution in [0.3, 0.4) is 0 Å². The summed E-state index contributed by atoms with van der Waals surface area (Å²) < 4.78 is 13.6. The number of nitrogens with zero attached hydrogens (tertiary/aromatic N) is 1. The van der Waals surface area contributed by atoms with Gasteiger partial charge in [-0.25, -0.2) is 4.39 Å². The minimum absolute atomic E-state index is 0.119. The van der Waals surface area contributed by atoms with Gasteiger partial charge in [0, 0.05) is 31.2 Å². The predicted octanol–water partition coefficient (Wildman–Crippen LogP) is 3.49. The Morgan fingerprint density at radius 1 is 1.38 bits per heavy atom. The molecule has 1 aliphatic heterocycles. The standard InChI is InChI=1S/C18H27FN2/c1-4-18(3)12-21(17(10-20-18)14-6-7-14)11-15-9-16(19)8-5-13(15)2/h5,8-9,14,17,20H,4,6-7,10-12H2,1-3H3. The molecule has 1 saturated carbocycles. The Hall–Kier alpha value is -0.930. The maximum absolute atomic E-state index is 13.6. The smallest absolute Gasteiger partial charge is 0.123 e. The van der Waals surface area contributed by atoms with Gasteiger partial charge in [-0.05, 0) is 62.3 Å². The summed E-state index contributed by atoms with van der Waals surface area (Å²) in [5.74, 6) is 0.722. The second-order valence-corrected chi connectivity index (χ2v) is 7.18. The highest BCUT2D eigenvalue weighted by Crippen LogP contribution is 2.38. The average Bonchev–Trinajstić information content (AvgIpc) is 3.28. The van der Waals surface area contributed by atoms with Gasteiger partial charge in [0.1, 0.15) is 5.82 Å². The molecular formula is C18H27FN2. The van der Waals surface area contributed by atoms with Crippen LogP contribution >= 0.6 is 0 Å². The lowest BCUT2D eigenvalue weighted by atomic mass is 9.91. The van der Waals surface area contributed by atoms with E-state index in [9.17, 15) is 4.39 Å². The van der Waals surface area contributed by atoms with E-state index in [2.05, 4.69) is 31.0 Å². The van der Waals surface area contributed by atoms with E-state index in [1.165, 1.54) is 18.4 Å². The van der Waals surface area contributed by atoms with Crippen LogP contribution in [-0.4, -0.2) is 29.6 Å². The van der Waals surface area contributed by atoms with Crippen LogP contribution in [0.25, 0.3) is 0 Å².